The van der Waals surface area contributed by atoms with Crippen LogP contribution in [0.15, 0.2) is 39.9 Å². The molecule has 31 heavy (non-hydrogen) atoms. The molecule has 2 aromatic heterocycles. The van der Waals surface area contributed by atoms with Crippen LogP contribution in [-0.4, -0.2) is 33.5 Å². The van der Waals surface area contributed by atoms with Crippen LogP contribution in [0.1, 0.15) is 56.6 Å². The molecule has 1 amide bonds. The van der Waals surface area contributed by atoms with E-state index in [-0.39, 0.29) is 22.5 Å². The minimum Gasteiger partial charge on any atom is -0.372 e. The van der Waals surface area contributed by atoms with Crippen molar-refractivity contribution in [3.05, 3.63) is 62.4 Å². The molecule has 0 aliphatic rings. The highest BCUT2D eigenvalue weighted by Crippen LogP contribution is 2.22. The topological polar surface area (TPSA) is 100 Å². The fourth-order valence-corrected chi connectivity index (χ4v) is 3.60. The van der Waals surface area contributed by atoms with E-state index < -0.39 is 17.2 Å². The highest BCUT2D eigenvalue weighted by Gasteiger charge is 2.20. The summed E-state index contributed by atoms with van der Waals surface area (Å²) in [6.45, 7) is 12.0. The van der Waals surface area contributed by atoms with Gasteiger partial charge in [0.1, 0.15) is 0 Å². The van der Waals surface area contributed by atoms with E-state index >= 15 is 0 Å². The van der Waals surface area contributed by atoms with Crippen molar-refractivity contribution in [2.24, 2.45) is 0 Å². The van der Waals surface area contributed by atoms with E-state index in [4.69, 9.17) is 0 Å². The van der Waals surface area contributed by atoms with Crippen LogP contribution in [0.3, 0.4) is 0 Å². The first-order valence-corrected chi connectivity index (χ1v) is 10.6. The van der Waals surface area contributed by atoms with Crippen LogP contribution in [-0.2, 0) is 6.54 Å². The quantitative estimate of drug-likeness (QED) is 0.607. The van der Waals surface area contributed by atoms with Gasteiger partial charge in [0.25, 0.3) is 11.5 Å². The number of aromatic nitrogens is 3. The molecule has 2 heterocycles. The number of fused-ring (bicyclic) bond motifs is 1. The lowest BCUT2D eigenvalue weighted by atomic mass is 10.0. The summed E-state index contributed by atoms with van der Waals surface area (Å²) in [4.78, 5) is 47.1. The second-order valence-electron chi connectivity index (χ2n) is 7.62. The number of benzene rings is 1. The van der Waals surface area contributed by atoms with E-state index in [1.807, 2.05) is 38.1 Å². The molecule has 2 N–H and O–H groups in total. The number of pyridine rings is 1. The van der Waals surface area contributed by atoms with Gasteiger partial charge in [0, 0.05) is 36.7 Å². The van der Waals surface area contributed by atoms with E-state index in [1.165, 1.54) is 4.57 Å². The summed E-state index contributed by atoms with van der Waals surface area (Å²) in [5.74, 6) is -0.402. The lowest BCUT2D eigenvalue weighted by molar-refractivity contribution is 0.102. The number of aromatic amines is 1. The van der Waals surface area contributed by atoms with Crippen LogP contribution in [0.25, 0.3) is 11.0 Å². The number of amides is 1. The van der Waals surface area contributed by atoms with E-state index in [2.05, 4.69) is 34.0 Å². The summed E-state index contributed by atoms with van der Waals surface area (Å²) in [5.41, 5.74) is 1.61. The van der Waals surface area contributed by atoms with Crippen molar-refractivity contribution in [3.63, 3.8) is 0 Å². The van der Waals surface area contributed by atoms with E-state index in [0.29, 0.717) is 17.9 Å². The van der Waals surface area contributed by atoms with Crippen LogP contribution in [0.4, 0.5) is 11.4 Å². The Labute approximate surface area is 180 Å². The Morgan fingerprint density at radius 3 is 2.32 bits per heavy atom. The van der Waals surface area contributed by atoms with Gasteiger partial charge in [-0.05, 0) is 57.0 Å². The number of H-pyrrole nitrogens is 1. The Balaban J connectivity index is 2.08. The fourth-order valence-electron chi connectivity index (χ4n) is 3.60. The Morgan fingerprint density at radius 2 is 1.77 bits per heavy atom. The maximum absolute atomic E-state index is 13.2. The highest BCUT2D eigenvalue weighted by atomic mass is 16.2. The van der Waals surface area contributed by atoms with Crippen molar-refractivity contribution in [3.8, 4) is 0 Å². The SMILES string of the molecule is CCN(CC)c1ccc(NC(=O)c2cc(C(C)C)nc3c2c(=O)[nH]c(=O)n3CC)cc1. The standard InChI is InChI=1S/C23H29N5O3/c1-6-27(7-2)16-11-9-15(10-12-16)24-21(29)17-13-18(14(4)5)25-20-19(17)22(30)26-23(31)28(20)8-3/h9-14H,6-8H2,1-5H3,(H,24,29)(H,26,30,31). The summed E-state index contributed by atoms with van der Waals surface area (Å²) in [7, 11) is 0. The zero-order valence-electron chi connectivity index (χ0n) is 18.7. The maximum atomic E-state index is 13.2. The lowest BCUT2D eigenvalue weighted by Gasteiger charge is -2.21. The molecule has 0 unspecified atom stereocenters. The molecular weight excluding hydrogens is 394 g/mol. The Hall–Kier alpha value is -3.42. The van der Waals surface area contributed by atoms with Crippen molar-refractivity contribution in [2.45, 2.75) is 47.1 Å². The molecule has 0 saturated heterocycles. The zero-order valence-corrected chi connectivity index (χ0v) is 18.7. The minimum atomic E-state index is -0.616. The number of nitrogens with zero attached hydrogens (tertiary/aromatic N) is 3. The van der Waals surface area contributed by atoms with Gasteiger partial charge in [0.15, 0.2) is 5.65 Å². The smallest absolute Gasteiger partial charge is 0.329 e. The zero-order chi connectivity index (χ0) is 22.7. The summed E-state index contributed by atoms with van der Waals surface area (Å²) in [6.07, 6.45) is 0. The average Bonchev–Trinajstić information content (AvgIpc) is 2.75. The molecule has 0 radical (unpaired) electrons. The van der Waals surface area contributed by atoms with Crippen molar-refractivity contribution >= 4 is 28.3 Å². The van der Waals surface area contributed by atoms with Crippen molar-refractivity contribution in [1.82, 2.24) is 14.5 Å². The third kappa shape index (κ3) is 4.38. The first-order valence-electron chi connectivity index (χ1n) is 10.6. The molecule has 3 aromatic rings. The molecular formula is C23H29N5O3. The second-order valence-corrected chi connectivity index (χ2v) is 7.62. The minimum absolute atomic E-state index is 0.0176. The number of hydrogen-bond donors (Lipinski definition) is 2. The average molecular weight is 424 g/mol. The Kier molecular flexibility index (Phi) is 6.58. The molecule has 0 aliphatic carbocycles. The fraction of sp³-hybridized carbons (Fsp3) is 0.391. The Morgan fingerprint density at radius 1 is 1.13 bits per heavy atom. The van der Waals surface area contributed by atoms with Crippen molar-refractivity contribution in [2.75, 3.05) is 23.3 Å². The molecule has 0 fully saturated rings. The highest BCUT2D eigenvalue weighted by molar-refractivity contribution is 6.11. The summed E-state index contributed by atoms with van der Waals surface area (Å²) < 4.78 is 1.37. The number of nitrogens with one attached hydrogen (secondary N) is 2. The van der Waals surface area contributed by atoms with Crippen LogP contribution >= 0.6 is 0 Å². The molecule has 0 spiro atoms. The van der Waals surface area contributed by atoms with Gasteiger partial charge in [0.05, 0.1) is 10.9 Å². The van der Waals surface area contributed by atoms with Gasteiger partial charge in [-0.3, -0.25) is 19.1 Å². The molecule has 0 saturated carbocycles. The number of anilines is 2. The molecule has 1 aromatic carbocycles. The van der Waals surface area contributed by atoms with Crippen molar-refractivity contribution < 1.29 is 4.79 Å². The van der Waals surface area contributed by atoms with Gasteiger partial charge in [-0.2, -0.15) is 0 Å². The third-order valence-electron chi connectivity index (χ3n) is 5.37. The summed E-state index contributed by atoms with van der Waals surface area (Å²) >= 11 is 0. The van der Waals surface area contributed by atoms with Gasteiger partial charge in [-0.15, -0.1) is 0 Å². The summed E-state index contributed by atoms with van der Waals surface area (Å²) in [6, 6.07) is 9.21. The molecule has 0 aliphatic heterocycles. The van der Waals surface area contributed by atoms with Crippen LogP contribution in [0, 0.1) is 0 Å². The predicted molar refractivity (Wildman–Crippen MR) is 124 cm³/mol. The maximum Gasteiger partial charge on any atom is 0.329 e. The third-order valence-corrected chi connectivity index (χ3v) is 5.37. The molecule has 3 rings (SSSR count). The monoisotopic (exact) mass is 423 g/mol. The number of rotatable bonds is 7. The largest absolute Gasteiger partial charge is 0.372 e. The van der Waals surface area contributed by atoms with Crippen LogP contribution in [0.2, 0.25) is 0 Å². The molecule has 0 bridgehead atoms. The Bertz CT molecular complexity index is 1200. The van der Waals surface area contributed by atoms with Gasteiger partial charge >= 0.3 is 5.69 Å². The lowest BCUT2D eigenvalue weighted by Crippen LogP contribution is -2.32. The molecule has 8 heteroatoms. The van der Waals surface area contributed by atoms with Gasteiger partial charge in [0.2, 0.25) is 0 Å². The molecule has 8 nitrogen and oxygen atoms in total. The number of aryl methyl sites for hydroxylation is 1. The second kappa shape index (κ2) is 9.16. The van der Waals surface area contributed by atoms with Gasteiger partial charge < -0.3 is 10.2 Å². The van der Waals surface area contributed by atoms with E-state index in [1.54, 1.807) is 13.0 Å². The predicted octanol–water partition coefficient (Wildman–Crippen LogP) is 3.33. The molecule has 0 atom stereocenters. The number of hydrogen-bond acceptors (Lipinski definition) is 5. The van der Waals surface area contributed by atoms with Crippen LogP contribution in [0.5, 0.6) is 0 Å². The first kappa shape index (κ1) is 22.3. The van der Waals surface area contributed by atoms with Crippen molar-refractivity contribution in [1.29, 1.82) is 0 Å². The molecule has 164 valence electrons. The number of carbonyl (C=O) groups excluding carboxylic acids is 1. The summed E-state index contributed by atoms with van der Waals surface area (Å²) in [5, 5.41) is 2.99. The van der Waals surface area contributed by atoms with Gasteiger partial charge in [-0.1, -0.05) is 13.8 Å². The van der Waals surface area contributed by atoms with Crippen LogP contribution < -0.4 is 21.5 Å². The number of carbonyl (C=O) groups is 1. The van der Waals surface area contributed by atoms with E-state index in [0.717, 1.165) is 18.8 Å². The van der Waals surface area contributed by atoms with Gasteiger partial charge in [-0.25, -0.2) is 9.78 Å². The van der Waals surface area contributed by atoms with E-state index in [9.17, 15) is 14.4 Å². The first-order chi connectivity index (χ1) is 14.8. The normalized spacial score (nSPS) is 11.2.